The maximum Gasteiger partial charge on any atom is 0.211 e. The molecule has 5 nitrogen and oxygen atoms in total. The van der Waals surface area contributed by atoms with Crippen molar-refractivity contribution in [2.24, 2.45) is 11.7 Å². The molecule has 1 aliphatic heterocycles. The number of sulfonamides is 1. The molecule has 1 fully saturated rings. The number of hydrogen-bond donors (Lipinski definition) is 1. The summed E-state index contributed by atoms with van der Waals surface area (Å²) in [5.74, 6) is 0.369. The molecule has 1 saturated heterocycles. The molecule has 1 heterocycles. The maximum atomic E-state index is 11.5. The maximum absolute atomic E-state index is 11.5. The quantitative estimate of drug-likeness (QED) is 0.754. The fraction of sp³-hybridized carbons (Fsp3) is 1.00. The normalized spacial score (nSPS) is 24.8. The lowest BCUT2D eigenvalue weighted by Crippen LogP contribution is -2.41. The first-order valence-corrected chi connectivity index (χ1v) is 8.06. The van der Waals surface area contributed by atoms with Gasteiger partial charge in [-0.25, -0.2) is 12.7 Å². The Hall–Kier alpha value is -0.170. The van der Waals surface area contributed by atoms with Crippen LogP contribution in [0.15, 0.2) is 0 Å². The molecule has 0 amide bonds. The van der Waals surface area contributed by atoms with Gasteiger partial charge in [0, 0.05) is 25.7 Å². The lowest BCUT2D eigenvalue weighted by Gasteiger charge is -2.32. The van der Waals surface area contributed by atoms with Crippen molar-refractivity contribution in [3.8, 4) is 0 Å². The van der Waals surface area contributed by atoms with Gasteiger partial charge in [-0.15, -0.1) is 0 Å². The summed E-state index contributed by atoms with van der Waals surface area (Å²) in [7, 11) is -3.05. The van der Waals surface area contributed by atoms with Gasteiger partial charge in [-0.05, 0) is 32.1 Å². The molecule has 0 bridgehead atoms. The fourth-order valence-electron chi connectivity index (χ4n) is 2.29. The Labute approximate surface area is 104 Å². The molecule has 0 aromatic heterocycles. The molecule has 0 radical (unpaired) electrons. The van der Waals surface area contributed by atoms with Crippen LogP contribution in [-0.2, 0) is 14.8 Å². The molecule has 2 N–H and O–H groups in total. The summed E-state index contributed by atoms with van der Waals surface area (Å²) in [5.41, 5.74) is 5.95. The highest BCUT2D eigenvalue weighted by molar-refractivity contribution is 7.88. The minimum Gasteiger partial charge on any atom is -0.380 e. The Kier molecular flexibility index (Phi) is 5.85. The number of nitrogens with zero attached hydrogens (tertiary/aromatic N) is 1. The van der Waals surface area contributed by atoms with E-state index < -0.39 is 10.0 Å². The number of ether oxygens (including phenoxy) is 1. The zero-order valence-electron chi connectivity index (χ0n) is 10.8. The van der Waals surface area contributed by atoms with E-state index in [1.807, 2.05) is 6.92 Å². The van der Waals surface area contributed by atoms with Gasteiger partial charge in [0.1, 0.15) is 0 Å². The highest BCUT2D eigenvalue weighted by Gasteiger charge is 2.26. The van der Waals surface area contributed by atoms with Crippen LogP contribution in [0.25, 0.3) is 0 Å². The van der Waals surface area contributed by atoms with Crippen molar-refractivity contribution in [2.45, 2.75) is 32.2 Å². The van der Waals surface area contributed by atoms with Crippen molar-refractivity contribution >= 4 is 10.0 Å². The van der Waals surface area contributed by atoms with Gasteiger partial charge in [-0.1, -0.05) is 0 Å². The average molecular weight is 264 g/mol. The Morgan fingerprint density at radius 3 is 2.82 bits per heavy atom. The van der Waals surface area contributed by atoms with E-state index in [4.69, 9.17) is 10.5 Å². The molecule has 102 valence electrons. The molecule has 0 aliphatic carbocycles. The molecule has 0 aromatic carbocycles. The largest absolute Gasteiger partial charge is 0.380 e. The molecule has 0 aromatic rings. The molecule has 1 rings (SSSR count). The van der Waals surface area contributed by atoms with Crippen molar-refractivity contribution in [1.29, 1.82) is 0 Å². The van der Waals surface area contributed by atoms with Crippen molar-refractivity contribution in [1.82, 2.24) is 4.31 Å². The average Bonchev–Trinajstić information content (AvgIpc) is 2.25. The van der Waals surface area contributed by atoms with E-state index >= 15 is 0 Å². The van der Waals surface area contributed by atoms with E-state index in [1.165, 1.54) is 6.26 Å². The summed E-state index contributed by atoms with van der Waals surface area (Å²) in [5, 5.41) is 0. The summed E-state index contributed by atoms with van der Waals surface area (Å²) in [6.45, 7) is 4.44. The van der Waals surface area contributed by atoms with Gasteiger partial charge >= 0.3 is 0 Å². The van der Waals surface area contributed by atoms with Crippen molar-refractivity contribution < 1.29 is 13.2 Å². The van der Waals surface area contributed by atoms with E-state index in [2.05, 4.69) is 0 Å². The summed E-state index contributed by atoms with van der Waals surface area (Å²) in [6, 6.07) is 0.0134. The van der Waals surface area contributed by atoms with Gasteiger partial charge in [0.05, 0.1) is 12.9 Å². The minimum atomic E-state index is -3.05. The van der Waals surface area contributed by atoms with Crippen LogP contribution < -0.4 is 5.73 Å². The number of hydrogen-bond acceptors (Lipinski definition) is 4. The van der Waals surface area contributed by atoms with Crippen molar-refractivity contribution in [2.75, 3.05) is 32.6 Å². The molecule has 2 atom stereocenters. The first-order valence-electron chi connectivity index (χ1n) is 6.22. The lowest BCUT2D eigenvalue weighted by atomic mass is 9.93. The van der Waals surface area contributed by atoms with Gasteiger partial charge in [-0.3, -0.25) is 0 Å². The van der Waals surface area contributed by atoms with E-state index in [1.54, 1.807) is 4.31 Å². The monoisotopic (exact) mass is 264 g/mol. The minimum absolute atomic E-state index is 0.0134. The first kappa shape index (κ1) is 14.9. The smallest absolute Gasteiger partial charge is 0.211 e. The van der Waals surface area contributed by atoms with Gasteiger partial charge < -0.3 is 10.5 Å². The molecular weight excluding hydrogens is 240 g/mol. The van der Waals surface area contributed by atoms with Gasteiger partial charge in [0.25, 0.3) is 0 Å². The predicted molar refractivity (Wildman–Crippen MR) is 68.2 cm³/mol. The second kappa shape index (κ2) is 6.68. The predicted octanol–water partition coefficient (Wildman–Crippen LogP) is 0.412. The van der Waals surface area contributed by atoms with E-state index in [0.717, 1.165) is 19.3 Å². The molecule has 1 aliphatic rings. The zero-order chi connectivity index (χ0) is 12.9. The molecule has 0 spiro atoms. The van der Waals surface area contributed by atoms with E-state index in [0.29, 0.717) is 32.2 Å². The van der Waals surface area contributed by atoms with Crippen LogP contribution in [-0.4, -0.2) is 51.3 Å². The van der Waals surface area contributed by atoms with E-state index in [9.17, 15) is 8.42 Å². The summed E-state index contributed by atoms with van der Waals surface area (Å²) in [6.07, 6.45) is 4.10. The topological polar surface area (TPSA) is 72.6 Å². The molecular formula is C11H24N2O3S. The highest BCUT2D eigenvalue weighted by Crippen LogP contribution is 2.22. The van der Waals surface area contributed by atoms with E-state index in [-0.39, 0.29) is 6.04 Å². The summed E-state index contributed by atoms with van der Waals surface area (Å²) in [4.78, 5) is 0. The Balaban J connectivity index is 2.39. The van der Waals surface area contributed by atoms with Crippen LogP contribution >= 0.6 is 0 Å². The van der Waals surface area contributed by atoms with Crippen LogP contribution in [0.4, 0.5) is 0 Å². The van der Waals surface area contributed by atoms with Crippen molar-refractivity contribution in [3.63, 3.8) is 0 Å². The molecule has 17 heavy (non-hydrogen) atoms. The second-order valence-electron chi connectivity index (χ2n) is 4.78. The summed E-state index contributed by atoms with van der Waals surface area (Å²) >= 11 is 0. The number of nitrogens with two attached hydrogens (primary N) is 1. The van der Waals surface area contributed by atoms with Crippen LogP contribution in [0.3, 0.4) is 0 Å². The SMILES string of the molecule is CCOCC(N)CC1CCCN(S(C)(=O)=O)C1. The zero-order valence-corrected chi connectivity index (χ0v) is 11.6. The first-order chi connectivity index (χ1) is 7.93. The molecule has 6 heteroatoms. The Morgan fingerprint density at radius 1 is 1.53 bits per heavy atom. The third-order valence-corrected chi connectivity index (χ3v) is 4.39. The fourth-order valence-corrected chi connectivity index (χ4v) is 3.23. The van der Waals surface area contributed by atoms with Gasteiger partial charge in [-0.2, -0.15) is 0 Å². The third-order valence-electron chi connectivity index (χ3n) is 3.12. The van der Waals surface area contributed by atoms with Crippen molar-refractivity contribution in [3.05, 3.63) is 0 Å². The highest BCUT2D eigenvalue weighted by atomic mass is 32.2. The van der Waals surface area contributed by atoms with Crippen LogP contribution in [0.5, 0.6) is 0 Å². The standard InChI is InChI=1S/C11H24N2O3S/c1-3-16-9-11(12)7-10-5-4-6-13(8-10)17(2,14)15/h10-11H,3-9,12H2,1-2H3. The summed E-state index contributed by atoms with van der Waals surface area (Å²) < 4.78 is 29.8. The van der Waals surface area contributed by atoms with Gasteiger partial charge in [0.2, 0.25) is 10.0 Å². The molecule has 0 saturated carbocycles. The van der Waals surface area contributed by atoms with Gasteiger partial charge in [0.15, 0.2) is 0 Å². The number of rotatable bonds is 6. The number of piperidine rings is 1. The third kappa shape index (κ3) is 5.33. The van der Waals surface area contributed by atoms with Crippen LogP contribution in [0, 0.1) is 5.92 Å². The second-order valence-corrected chi connectivity index (χ2v) is 6.77. The molecule has 2 unspecified atom stereocenters. The Bertz CT molecular complexity index is 319. The lowest BCUT2D eigenvalue weighted by molar-refractivity contribution is 0.120. The van der Waals surface area contributed by atoms with Crippen LogP contribution in [0.2, 0.25) is 0 Å². The van der Waals surface area contributed by atoms with Crippen LogP contribution in [0.1, 0.15) is 26.2 Å². The Morgan fingerprint density at radius 2 is 2.24 bits per heavy atom.